The number of aromatic nitrogens is 4. The molecule has 0 saturated carbocycles. The van der Waals surface area contributed by atoms with Gasteiger partial charge in [-0.05, 0) is 39.0 Å². The van der Waals surface area contributed by atoms with Crippen molar-refractivity contribution < 1.29 is 19.1 Å². The molecule has 2 rings (SSSR count). The summed E-state index contributed by atoms with van der Waals surface area (Å²) in [6.07, 6.45) is 7.33. The summed E-state index contributed by atoms with van der Waals surface area (Å²) in [5.74, 6) is -1.49. The molecule has 36 heavy (non-hydrogen) atoms. The van der Waals surface area contributed by atoms with Crippen LogP contribution in [0.1, 0.15) is 32.2 Å². The number of rotatable bonds is 13. The van der Waals surface area contributed by atoms with E-state index in [-0.39, 0.29) is 6.54 Å². The van der Waals surface area contributed by atoms with E-state index in [4.69, 9.17) is 0 Å². The Morgan fingerprint density at radius 1 is 1.17 bits per heavy atom. The van der Waals surface area contributed by atoms with Crippen LogP contribution in [0.3, 0.4) is 0 Å². The third-order valence-electron chi connectivity index (χ3n) is 5.11. The van der Waals surface area contributed by atoms with Crippen LogP contribution in [0.4, 0.5) is 0 Å². The summed E-state index contributed by atoms with van der Waals surface area (Å²) in [7, 11) is 2.99. The second-order valence-corrected chi connectivity index (χ2v) is 8.13. The minimum absolute atomic E-state index is 0.113. The number of hydrogen-bond acceptors (Lipinski definition) is 9. The lowest BCUT2D eigenvalue weighted by Crippen LogP contribution is -2.50. The van der Waals surface area contributed by atoms with Crippen molar-refractivity contribution in [2.24, 2.45) is 4.99 Å². The van der Waals surface area contributed by atoms with Crippen LogP contribution in [0.15, 0.2) is 47.7 Å². The second-order valence-electron chi connectivity index (χ2n) is 8.13. The molecule has 2 aromatic rings. The standard InChI is InChI=1S/C24H34N8O4/c1-6-9-19(25-4)12-31(13-20-10-7-8-11-26-20)14-21-15-32(30-29-21)16-22(33)27-17(2)23(34)28-18(3)24(35)36-5/h6-11,15,17-18H,12-14,16H2,1-5H3,(H,27,33)(H,28,34). The van der Waals surface area contributed by atoms with Gasteiger partial charge in [-0.3, -0.25) is 24.5 Å². The molecular formula is C24H34N8O4. The normalized spacial score (nSPS) is 13.4. The van der Waals surface area contributed by atoms with Crippen LogP contribution in [0.25, 0.3) is 0 Å². The van der Waals surface area contributed by atoms with Gasteiger partial charge in [-0.2, -0.15) is 0 Å². The summed E-state index contributed by atoms with van der Waals surface area (Å²) in [6, 6.07) is 4.09. The first-order chi connectivity index (χ1) is 17.2. The monoisotopic (exact) mass is 498 g/mol. The molecule has 2 N–H and O–H groups in total. The summed E-state index contributed by atoms with van der Waals surface area (Å²) < 4.78 is 5.99. The van der Waals surface area contributed by atoms with E-state index in [0.29, 0.717) is 25.3 Å². The van der Waals surface area contributed by atoms with Crippen LogP contribution in [0, 0.1) is 0 Å². The van der Waals surface area contributed by atoms with Crippen LogP contribution in [0.2, 0.25) is 0 Å². The fourth-order valence-electron chi connectivity index (χ4n) is 3.30. The third kappa shape index (κ3) is 9.37. The average Bonchev–Trinajstić information content (AvgIpc) is 3.29. The van der Waals surface area contributed by atoms with Crippen LogP contribution < -0.4 is 10.6 Å². The van der Waals surface area contributed by atoms with Crippen molar-refractivity contribution in [2.75, 3.05) is 20.7 Å². The molecule has 2 amide bonds. The van der Waals surface area contributed by atoms with Crippen LogP contribution in [-0.2, 0) is 38.8 Å². The zero-order valence-corrected chi connectivity index (χ0v) is 21.3. The van der Waals surface area contributed by atoms with Gasteiger partial charge in [0.1, 0.15) is 18.6 Å². The Hall–Kier alpha value is -3.93. The van der Waals surface area contributed by atoms with Crippen molar-refractivity contribution in [1.82, 2.24) is 35.5 Å². The molecule has 0 aromatic carbocycles. The molecule has 0 aliphatic carbocycles. The van der Waals surface area contributed by atoms with Gasteiger partial charge < -0.3 is 15.4 Å². The highest BCUT2D eigenvalue weighted by atomic mass is 16.5. The van der Waals surface area contributed by atoms with Gasteiger partial charge in [-0.25, -0.2) is 9.48 Å². The fourth-order valence-corrected chi connectivity index (χ4v) is 3.30. The van der Waals surface area contributed by atoms with E-state index in [1.54, 1.807) is 19.4 Å². The Kier molecular flexibility index (Phi) is 11.4. The van der Waals surface area contributed by atoms with Gasteiger partial charge in [0.15, 0.2) is 0 Å². The Balaban J connectivity index is 1.98. The molecule has 0 spiro atoms. The van der Waals surface area contributed by atoms with Crippen molar-refractivity contribution >= 4 is 23.5 Å². The lowest BCUT2D eigenvalue weighted by atomic mass is 10.2. The number of nitrogens with zero attached hydrogens (tertiary/aromatic N) is 6. The number of pyridine rings is 1. The Morgan fingerprint density at radius 2 is 1.92 bits per heavy atom. The predicted octanol–water partition coefficient (Wildman–Crippen LogP) is 0.505. The molecule has 2 heterocycles. The maximum absolute atomic E-state index is 12.4. The highest BCUT2D eigenvalue weighted by molar-refractivity contribution is 5.96. The Morgan fingerprint density at radius 3 is 2.56 bits per heavy atom. The smallest absolute Gasteiger partial charge is 0.328 e. The van der Waals surface area contributed by atoms with Crippen molar-refractivity contribution in [1.29, 1.82) is 0 Å². The molecule has 0 saturated heterocycles. The number of esters is 1. The Bertz CT molecular complexity index is 1070. The zero-order valence-electron chi connectivity index (χ0n) is 21.3. The van der Waals surface area contributed by atoms with Crippen molar-refractivity contribution in [3.63, 3.8) is 0 Å². The van der Waals surface area contributed by atoms with Gasteiger partial charge >= 0.3 is 5.97 Å². The van der Waals surface area contributed by atoms with Crippen molar-refractivity contribution in [2.45, 2.75) is 52.5 Å². The molecule has 0 aliphatic rings. The van der Waals surface area contributed by atoms with E-state index in [9.17, 15) is 14.4 Å². The predicted molar refractivity (Wildman–Crippen MR) is 134 cm³/mol. The van der Waals surface area contributed by atoms with Crippen LogP contribution in [0.5, 0.6) is 0 Å². The summed E-state index contributed by atoms with van der Waals surface area (Å²) in [5, 5.41) is 13.3. The number of allylic oxidation sites excluding steroid dienone is 1. The zero-order chi connectivity index (χ0) is 26.5. The van der Waals surface area contributed by atoms with E-state index in [0.717, 1.165) is 11.4 Å². The number of carbonyl (C=O) groups excluding carboxylic acids is 3. The van der Waals surface area contributed by atoms with Gasteiger partial charge in [-0.1, -0.05) is 17.4 Å². The highest BCUT2D eigenvalue weighted by Gasteiger charge is 2.21. The lowest BCUT2D eigenvalue weighted by molar-refractivity contribution is -0.144. The fraction of sp³-hybridized carbons (Fsp3) is 0.458. The van der Waals surface area contributed by atoms with Crippen LogP contribution >= 0.6 is 0 Å². The minimum Gasteiger partial charge on any atom is -0.467 e. The van der Waals surface area contributed by atoms with Crippen molar-refractivity contribution in [3.05, 3.63) is 54.1 Å². The topological polar surface area (TPSA) is 144 Å². The largest absolute Gasteiger partial charge is 0.467 e. The van der Waals surface area contributed by atoms with E-state index in [1.807, 2.05) is 37.3 Å². The first kappa shape index (κ1) is 28.3. The number of carbonyl (C=O) groups is 3. The highest BCUT2D eigenvalue weighted by Crippen LogP contribution is 2.07. The molecule has 2 atom stereocenters. The van der Waals surface area contributed by atoms with Gasteiger partial charge in [0.05, 0.1) is 24.7 Å². The maximum Gasteiger partial charge on any atom is 0.328 e. The summed E-state index contributed by atoms with van der Waals surface area (Å²) in [5.41, 5.74) is 2.50. The van der Waals surface area contributed by atoms with E-state index < -0.39 is 29.9 Å². The Labute approximate surface area is 210 Å². The molecule has 0 radical (unpaired) electrons. The summed E-state index contributed by atoms with van der Waals surface area (Å²) in [6.45, 7) is 6.49. The number of ether oxygens (including phenoxy) is 1. The molecule has 12 heteroatoms. The second kappa shape index (κ2) is 14.5. The molecule has 0 bridgehead atoms. The van der Waals surface area contributed by atoms with E-state index >= 15 is 0 Å². The third-order valence-corrected chi connectivity index (χ3v) is 5.11. The molecular weight excluding hydrogens is 464 g/mol. The number of methoxy groups -OCH3 is 1. The molecule has 0 fully saturated rings. The number of hydrogen-bond donors (Lipinski definition) is 2. The quantitative estimate of drug-likeness (QED) is 0.300. The molecule has 0 aliphatic heterocycles. The van der Waals surface area contributed by atoms with Crippen molar-refractivity contribution in [3.8, 4) is 0 Å². The summed E-state index contributed by atoms with van der Waals surface area (Å²) >= 11 is 0. The first-order valence-corrected chi connectivity index (χ1v) is 11.5. The number of nitrogens with one attached hydrogen (secondary N) is 2. The lowest BCUT2D eigenvalue weighted by Gasteiger charge is -2.20. The first-order valence-electron chi connectivity index (χ1n) is 11.5. The maximum atomic E-state index is 12.4. The molecule has 194 valence electrons. The van der Waals surface area contributed by atoms with Crippen LogP contribution in [-0.4, -0.2) is 81.2 Å². The number of aliphatic imine (C=N–C) groups is 1. The van der Waals surface area contributed by atoms with Gasteiger partial charge in [0.2, 0.25) is 11.8 Å². The van der Waals surface area contributed by atoms with Gasteiger partial charge in [-0.15, -0.1) is 5.10 Å². The van der Waals surface area contributed by atoms with E-state index in [1.165, 1.54) is 25.6 Å². The molecule has 2 aromatic heterocycles. The van der Waals surface area contributed by atoms with Gasteiger partial charge in [0, 0.05) is 38.6 Å². The van der Waals surface area contributed by atoms with Gasteiger partial charge in [0.25, 0.3) is 0 Å². The SMILES string of the molecule is CC=CC(CN(Cc1ccccn1)Cc1cn(CC(=O)NC(C)C(=O)NC(C)C(=O)OC)nn1)=NC. The van der Waals surface area contributed by atoms with E-state index in [2.05, 4.69) is 40.6 Å². The minimum atomic E-state index is -0.847. The molecule has 12 nitrogen and oxygen atoms in total. The average molecular weight is 499 g/mol. The number of amides is 2. The molecule has 2 unspecified atom stereocenters. The summed E-state index contributed by atoms with van der Waals surface area (Å²) in [4.78, 5) is 47.0.